The Labute approximate surface area is 109 Å². The second-order valence-corrected chi connectivity index (χ2v) is 4.95. The van der Waals surface area contributed by atoms with Gasteiger partial charge in [-0.1, -0.05) is 17.7 Å². The van der Waals surface area contributed by atoms with Crippen molar-refractivity contribution in [3.05, 3.63) is 41.6 Å². The molecule has 1 N–H and O–H groups in total. The summed E-state index contributed by atoms with van der Waals surface area (Å²) in [4.78, 5) is 0. The van der Waals surface area contributed by atoms with Gasteiger partial charge in [-0.05, 0) is 45.5 Å². The summed E-state index contributed by atoms with van der Waals surface area (Å²) >= 11 is 0. The predicted octanol–water partition coefficient (Wildman–Crippen LogP) is 3.16. The molecule has 0 saturated heterocycles. The minimum absolute atomic E-state index is 0.373. The lowest BCUT2D eigenvalue weighted by atomic mass is 10.0. The Morgan fingerprint density at radius 1 is 1.28 bits per heavy atom. The monoisotopic (exact) mass is 243 g/mol. The van der Waals surface area contributed by atoms with E-state index in [-0.39, 0.29) is 0 Å². The van der Waals surface area contributed by atoms with E-state index in [4.69, 9.17) is 0 Å². The summed E-state index contributed by atoms with van der Waals surface area (Å²) in [6.07, 6.45) is 1.88. The van der Waals surface area contributed by atoms with E-state index in [1.807, 2.05) is 13.2 Å². The van der Waals surface area contributed by atoms with Crippen molar-refractivity contribution < 1.29 is 0 Å². The number of benzene rings is 1. The molecule has 2 aromatic rings. The lowest BCUT2D eigenvalue weighted by molar-refractivity contribution is 0.538. The zero-order valence-electron chi connectivity index (χ0n) is 11.6. The van der Waals surface area contributed by atoms with Crippen LogP contribution in [0.15, 0.2) is 30.5 Å². The van der Waals surface area contributed by atoms with Crippen molar-refractivity contribution >= 4 is 0 Å². The first-order chi connectivity index (χ1) is 8.63. The maximum atomic E-state index is 4.42. The molecule has 0 aliphatic heterocycles. The average molecular weight is 243 g/mol. The third-order valence-electron chi connectivity index (χ3n) is 3.07. The summed E-state index contributed by atoms with van der Waals surface area (Å²) in [7, 11) is 1.98. The van der Waals surface area contributed by atoms with Crippen LogP contribution in [-0.4, -0.2) is 16.8 Å². The first kappa shape index (κ1) is 12.8. The average Bonchev–Trinajstić information content (AvgIpc) is 2.80. The van der Waals surface area contributed by atoms with Gasteiger partial charge < -0.3 is 5.32 Å². The third kappa shape index (κ3) is 2.46. The molecule has 0 aliphatic rings. The van der Waals surface area contributed by atoms with Gasteiger partial charge >= 0.3 is 0 Å². The van der Waals surface area contributed by atoms with Gasteiger partial charge in [0.2, 0.25) is 0 Å². The fourth-order valence-corrected chi connectivity index (χ4v) is 2.21. The molecule has 0 aliphatic carbocycles. The Kier molecular flexibility index (Phi) is 3.82. The molecule has 2 rings (SSSR count). The molecule has 18 heavy (non-hydrogen) atoms. The molecule has 1 aromatic heterocycles. The molecule has 0 amide bonds. The van der Waals surface area contributed by atoms with Gasteiger partial charge in [0.25, 0.3) is 0 Å². The predicted molar refractivity (Wildman–Crippen MR) is 75.5 cm³/mol. The van der Waals surface area contributed by atoms with Crippen LogP contribution in [0.25, 0.3) is 11.3 Å². The van der Waals surface area contributed by atoms with Crippen molar-refractivity contribution in [3.63, 3.8) is 0 Å². The van der Waals surface area contributed by atoms with E-state index in [1.54, 1.807) is 0 Å². The highest BCUT2D eigenvalue weighted by Crippen LogP contribution is 2.26. The lowest BCUT2D eigenvalue weighted by Gasteiger charge is -2.15. The minimum atomic E-state index is 0.373. The summed E-state index contributed by atoms with van der Waals surface area (Å²) in [6, 6.07) is 9.06. The maximum Gasteiger partial charge on any atom is 0.0688 e. The Morgan fingerprint density at radius 3 is 2.72 bits per heavy atom. The molecule has 0 bridgehead atoms. The summed E-state index contributed by atoms with van der Waals surface area (Å²) in [5, 5.41) is 7.64. The Balaban J connectivity index is 2.54. The quantitative estimate of drug-likeness (QED) is 0.894. The van der Waals surface area contributed by atoms with E-state index in [1.165, 1.54) is 22.4 Å². The molecule has 0 atom stereocenters. The van der Waals surface area contributed by atoms with Gasteiger partial charge in [-0.3, -0.25) is 4.68 Å². The van der Waals surface area contributed by atoms with Crippen molar-refractivity contribution in [2.45, 2.75) is 33.4 Å². The summed E-state index contributed by atoms with van der Waals surface area (Å²) in [6.45, 7) is 7.32. The van der Waals surface area contributed by atoms with Crippen LogP contribution in [0.5, 0.6) is 0 Å². The number of aryl methyl sites for hydroxylation is 1. The van der Waals surface area contributed by atoms with E-state index in [0.717, 1.165) is 6.54 Å². The zero-order valence-corrected chi connectivity index (χ0v) is 11.6. The molecule has 3 heteroatoms. The van der Waals surface area contributed by atoms with E-state index >= 15 is 0 Å². The van der Waals surface area contributed by atoms with Crippen LogP contribution in [0.4, 0.5) is 0 Å². The maximum absolute atomic E-state index is 4.42. The molecule has 0 spiro atoms. The van der Waals surface area contributed by atoms with Crippen LogP contribution in [0.2, 0.25) is 0 Å². The van der Waals surface area contributed by atoms with Crippen LogP contribution in [0.1, 0.15) is 31.0 Å². The van der Waals surface area contributed by atoms with E-state index in [9.17, 15) is 0 Å². The van der Waals surface area contributed by atoms with Crippen LogP contribution in [-0.2, 0) is 6.54 Å². The standard InChI is InChI=1S/C15H21N3/c1-11(2)18-15(7-8-17-18)14-9-12(3)5-6-13(14)10-16-4/h5-9,11,16H,10H2,1-4H3. The highest BCUT2D eigenvalue weighted by Gasteiger charge is 2.12. The summed E-state index contributed by atoms with van der Waals surface area (Å²) in [5.41, 5.74) is 5.06. The zero-order chi connectivity index (χ0) is 13.1. The van der Waals surface area contributed by atoms with E-state index in [2.05, 4.69) is 60.1 Å². The lowest BCUT2D eigenvalue weighted by Crippen LogP contribution is -2.09. The highest BCUT2D eigenvalue weighted by molar-refractivity contribution is 5.65. The van der Waals surface area contributed by atoms with Gasteiger partial charge in [0.1, 0.15) is 0 Å². The molecule has 0 unspecified atom stereocenters. The molecule has 0 radical (unpaired) electrons. The fourth-order valence-electron chi connectivity index (χ4n) is 2.21. The molecule has 1 heterocycles. The van der Waals surface area contributed by atoms with Gasteiger partial charge in [-0.2, -0.15) is 5.10 Å². The van der Waals surface area contributed by atoms with E-state index in [0.29, 0.717) is 6.04 Å². The molecular weight excluding hydrogens is 222 g/mol. The van der Waals surface area contributed by atoms with Crippen molar-refractivity contribution in [1.82, 2.24) is 15.1 Å². The van der Waals surface area contributed by atoms with Crippen molar-refractivity contribution in [2.24, 2.45) is 0 Å². The summed E-state index contributed by atoms with van der Waals surface area (Å²) in [5.74, 6) is 0. The van der Waals surface area contributed by atoms with Crippen molar-refractivity contribution in [2.75, 3.05) is 7.05 Å². The van der Waals surface area contributed by atoms with Gasteiger partial charge in [-0.15, -0.1) is 0 Å². The number of aromatic nitrogens is 2. The first-order valence-electron chi connectivity index (χ1n) is 6.41. The van der Waals surface area contributed by atoms with Gasteiger partial charge in [0.15, 0.2) is 0 Å². The minimum Gasteiger partial charge on any atom is -0.316 e. The highest BCUT2D eigenvalue weighted by atomic mass is 15.3. The molecule has 1 aromatic carbocycles. The smallest absolute Gasteiger partial charge is 0.0688 e. The molecule has 3 nitrogen and oxygen atoms in total. The number of nitrogens with one attached hydrogen (secondary N) is 1. The van der Waals surface area contributed by atoms with Crippen LogP contribution < -0.4 is 5.32 Å². The Morgan fingerprint density at radius 2 is 2.06 bits per heavy atom. The normalized spacial score (nSPS) is 11.2. The largest absolute Gasteiger partial charge is 0.316 e. The Bertz CT molecular complexity index is 526. The number of nitrogens with zero attached hydrogens (tertiary/aromatic N) is 2. The van der Waals surface area contributed by atoms with Crippen LogP contribution in [0.3, 0.4) is 0 Å². The molecular formula is C15H21N3. The van der Waals surface area contributed by atoms with Crippen molar-refractivity contribution in [3.8, 4) is 11.3 Å². The molecule has 0 fully saturated rings. The van der Waals surface area contributed by atoms with Gasteiger partial charge in [-0.25, -0.2) is 0 Å². The second-order valence-electron chi connectivity index (χ2n) is 4.95. The van der Waals surface area contributed by atoms with Crippen LogP contribution in [0, 0.1) is 6.92 Å². The van der Waals surface area contributed by atoms with E-state index < -0.39 is 0 Å². The van der Waals surface area contributed by atoms with Gasteiger partial charge in [0.05, 0.1) is 5.69 Å². The van der Waals surface area contributed by atoms with Crippen molar-refractivity contribution in [1.29, 1.82) is 0 Å². The fraction of sp³-hybridized carbons (Fsp3) is 0.400. The van der Waals surface area contributed by atoms with Gasteiger partial charge in [0, 0.05) is 24.3 Å². The second kappa shape index (κ2) is 5.36. The first-order valence-corrected chi connectivity index (χ1v) is 6.41. The van der Waals surface area contributed by atoms with Crippen LogP contribution >= 0.6 is 0 Å². The number of rotatable bonds is 4. The number of hydrogen-bond donors (Lipinski definition) is 1. The SMILES string of the molecule is CNCc1ccc(C)cc1-c1ccnn1C(C)C. The number of hydrogen-bond acceptors (Lipinski definition) is 2. The topological polar surface area (TPSA) is 29.9 Å². The Hall–Kier alpha value is -1.61. The molecule has 0 saturated carbocycles. The summed E-state index contributed by atoms with van der Waals surface area (Å²) < 4.78 is 2.08. The molecule has 96 valence electrons. The third-order valence-corrected chi connectivity index (χ3v) is 3.07.